The summed E-state index contributed by atoms with van der Waals surface area (Å²) >= 11 is 7.92. The highest BCUT2D eigenvalue weighted by molar-refractivity contribution is 7.09. The molecule has 4 rings (SSSR count). The molecule has 0 bridgehead atoms. The molecule has 0 aliphatic heterocycles. The Kier molecular flexibility index (Phi) is 4.08. The second-order valence-electron chi connectivity index (χ2n) is 5.56. The van der Waals surface area contributed by atoms with Crippen LogP contribution in [0.4, 0.5) is 4.39 Å². The molecule has 5 heteroatoms. The Morgan fingerprint density at radius 3 is 2.71 bits per heavy atom. The van der Waals surface area contributed by atoms with E-state index in [0.29, 0.717) is 17.1 Å². The van der Waals surface area contributed by atoms with Crippen molar-refractivity contribution in [1.29, 1.82) is 0 Å². The number of hydrogen-bond acceptors (Lipinski definition) is 2. The number of aromatic nitrogens is 2. The monoisotopic (exact) mass is 356 g/mol. The molecule has 0 fully saturated rings. The van der Waals surface area contributed by atoms with Gasteiger partial charge in [0.1, 0.15) is 11.6 Å². The minimum atomic E-state index is -0.289. The zero-order chi connectivity index (χ0) is 16.5. The fraction of sp³-hybridized carbons (Fsp3) is 0.105. The molecule has 2 aromatic heterocycles. The van der Waals surface area contributed by atoms with Crippen LogP contribution in [0.2, 0.25) is 5.02 Å². The molecule has 4 aromatic rings. The van der Waals surface area contributed by atoms with Gasteiger partial charge in [-0.2, -0.15) is 0 Å². The van der Waals surface area contributed by atoms with Crippen molar-refractivity contribution in [3.05, 3.63) is 87.1 Å². The van der Waals surface area contributed by atoms with Crippen molar-refractivity contribution in [3.8, 4) is 0 Å². The number of thiophene rings is 1. The van der Waals surface area contributed by atoms with Gasteiger partial charge in [0.15, 0.2) is 0 Å². The zero-order valence-electron chi connectivity index (χ0n) is 12.7. The smallest absolute Gasteiger partial charge is 0.129 e. The quantitative estimate of drug-likeness (QED) is 0.470. The van der Waals surface area contributed by atoms with Gasteiger partial charge >= 0.3 is 0 Å². The van der Waals surface area contributed by atoms with E-state index >= 15 is 0 Å². The van der Waals surface area contributed by atoms with Gasteiger partial charge in [-0.1, -0.05) is 35.9 Å². The third kappa shape index (κ3) is 2.83. The Morgan fingerprint density at radius 2 is 1.92 bits per heavy atom. The van der Waals surface area contributed by atoms with E-state index in [1.165, 1.54) is 10.9 Å². The second-order valence-corrected chi connectivity index (χ2v) is 7.00. The molecule has 2 nitrogen and oxygen atoms in total. The van der Waals surface area contributed by atoms with E-state index in [9.17, 15) is 4.39 Å². The fourth-order valence-corrected chi connectivity index (χ4v) is 3.77. The van der Waals surface area contributed by atoms with E-state index in [1.54, 1.807) is 23.5 Å². The normalized spacial score (nSPS) is 11.2. The van der Waals surface area contributed by atoms with E-state index in [2.05, 4.69) is 16.0 Å². The van der Waals surface area contributed by atoms with Gasteiger partial charge in [-0.05, 0) is 35.7 Å². The summed E-state index contributed by atoms with van der Waals surface area (Å²) in [5, 5.41) is 2.49. The predicted octanol–water partition coefficient (Wildman–Crippen LogP) is 5.53. The first-order valence-corrected chi connectivity index (χ1v) is 8.87. The molecule has 0 saturated carbocycles. The number of imidazole rings is 1. The molecule has 2 aromatic carbocycles. The van der Waals surface area contributed by atoms with Gasteiger partial charge in [0.25, 0.3) is 0 Å². The SMILES string of the molecule is Fc1cccc(Cl)c1Cn1c(Cc2cccs2)nc2ccccc21. The van der Waals surface area contributed by atoms with Crippen LogP contribution in [-0.2, 0) is 13.0 Å². The summed E-state index contributed by atoms with van der Waals surface area (Å²) in [6.45, 7) is 0.368. The summed E-state index contributed by atoms with van der Waals surface area (Å²) in [6.07, 6.45) is 0.721. The minimum Gasteiger partial charge on any atom is -0.323 e. The highest BCUT2D eigenvalue weighted by Crippen LogP contribution is 2.25. The van der Waals surface area contributed by atoms with Gasteiger partial charge in [0, 0.05) is 21.9 Å². The molecule has 24 heavy (non-hydrogen) atoms. The molecule has 0 aliphatic carbocycles. The summed E-state index contributed by atoms with van der Waals surface area (Å²) in [5.41, 5.74) is 2.40. The minimum absolute atomic E-state index is 0.289. The maximum absolute atomic E-state index is 14.2. The van der Waals surface area contributed by atoms with Crippen molar-refractivity contribution in [2.75, 3.05) is 0 Å². The highest BCUT2D eigenvalue weighted by Gasteiger charge is 2.15. The molecule has 2 heterocycles. The first-order valence-electron chi connectivity index (χ1n) is 7.62. The van der Waals surface area contributed by atoms with Gasteiger partial charge < -0.3 is 4.57 Å². The molecule has 0 saturated heterocycles. The average molecular weight is 357 g/mol. The van der Waals surface area contributed by atoms with Gasteiger partial charge in [-0.25, -0.2) is 9.37 Å². The average Bonchev–Trinajstić information content (AvgIpc) is 3.19. The van der Waals surface area contributed by atoms with Crippen LogP contribution in [0.5, 0.6) is 0 Å². The lowest BCUT2D eigenvalue weighted by Gasteiger charge is -2.11. The van der Waals surface area contributed by atoms with E-state index in [0.717, 1.165) is 23.3 Å². The lowest BCUT2D eigenvalue weighted by Crippen LogP contribution is -2.07. The number of benzene rings is 2. The van der Waals surface area contributed by atoms with Gasteiger partial charge in [-0.15, -0.1) is 11.3 Å². The third-order valence-electron chi connectivity index (χ3n) is 4.02. The van der Waals surface area contributed by atoms with Crippen LogP contribution in [-0.4, -0.2) is 9.55 Å². The second kappa shape index (κ2) is 6.38. The molecule has 0 spiro atoms. The van der Waals surface area contributed by atoms with Crippen LogP contribution in [0.25, 0.3) is 11.0 Å². The Hall–Kier alpha value is -2.17. The summed E-state index contributed by atoms with van der Waals surface area (Å²) < 4.78 is 16.3. The highest BCUT2D eigenvalue weighted by atomic mass is 35.5. The van der Waals surface area contributed by atoms with Crippen molar-refractivity contribution in [2.24, 2.45) is 0 Å². The Morgan fingerprint density at radius 1 is 1.04 bits per heavy atom. The van der Waals surface area contributed by atoms with Gasteiger partial charge in [0.05, 0.1) is 17.6 Å². The fourth-order valence-electron chi connectivity index (χ4n) is 2.85. The Bertz CT molecular complexity index is 972. The third-order valence-corrected chi connectivity index (χ3v) is 5.25. The largest absolute Gasteiger partial charge is 0.323 e. The topological polar surface area (TPSA) is 17.8 Å². The molecular formula is C19H14ClFN2S. The summed E-state index contributed by atoms with van der Waals surface area (Å²) in [6, 6.07) is 16.8. The number of rotatable bonds is 4. The summed E-state index contributed by atoms with van der Waals surface area (Å²) in [4.78, 5) is 5.98. The maximum Gasteiger partial charge on any atom is 0.129 e. The number of para-hydroxylation sites is 2. The van der Waals surface area contributed by atoms with Gasteiger partial charge in [-0.3, -0.25) is 0 Å². The molecule has 0 aliphatic rings. The van der Waals surface area contributed by atoms with Crippen LogP contribution in [0.15, 0.2) is 60.0 Å². The van der Waals surface area contributed by atoms with Crippen molar-refractivity contribution in [1.82, 2.24) is 9.55 Å². The van der Waals surface area contributed by atoms with Crippen molar-refractivity contribution in [2.45, 2.75) is 13.0 Å². The van der Waals surface area contributed by atoms with E-state index in [1.807, 2.05) is 30.3 Å². The zero-order valence-corrected chi connectivity index (χ0v) is 14.3. The lowest BCUT2D eigenvalue weighted by atomic mass is 10.2. The van der Waals surface area contributed by atoms with Crippen molar-refractivity contribution >= 4 is 34.0 Å². The molecule has 0 atom stereocenters. The molecular weight excluding hydrogens is 343 g/mol. The van der Waals surface area contributed by atoms with Crippen molar-refractivity contribution in [3.63, 3.8) is 0 Å². The molecule has 0 amide bonds. The maximum atomic E-state index is 14.2. The lowest BCUT2D eigenvalue weighted by molar-refractivity contribution is 0.598. The Balaban J connectivity index is 1.83. The summed E-state index contributed by atoms with van der Waals surface area (Å²) in [7, 11) is 0. The molecule has 0 radical (unpaired) electrons. The van der Waals surface area contributed by atoms with Crippen LogP contribution in [0.1, 0.15) is 16.3 Å². The molecule has 0 N–H and O–H groups in total. The Labute approximate surface area is 148 Å². The number of hydrogen-bond donors (Lipinski definition) is 0. The van der Waals surface area contributed by atoms with Gasteiger partial charge in [0.2, 0.25) is 0 Å². The number of fused-ring (bicyclic) bond motifs is 1. The van der Waals surface area contributed by atoms with Crippen molar-refractivity contribution < 1.29 is 4.39 Å². The molecule has 120 valence electrons. The first-order chi connectivity index (χ1) is 11.7. The predicted molar refractivity (Wildman–Crippen MR) is 97.4 cm³/mol. The summed E-state index contributed by atoms with van der Waals surface area (Å²) in [5.74, 6) is 0.625. The van der Waals surface area contributed by atoms with E-state index in [-0.39, 0.29) is 5.82 Å². The van der Waals surface area contributed by atoms with E-state index in [4.69, 9.17) is 16.6 Å². The van der Waals surface area contributed by atoms with E-state index < -0.39 is 0 Å². The number of nitrogens with zero attached hydrogens (tertiary/aromatic N) is 2. The standard InChI is InChI=1S/C19H14ClFN2S/c20-15-6-3-7-16(21)14(15)12-23-18-9-2-1-8-17(18)22-19(23)11-13-5-4-10-24-13/h1-10H,11-12H2. The van der Waals surface area contributed by atoms with Crippen LogP contribution in [0, 0.1) is 5.82 Å². The first kappa shape index (κ1) is 15.4. The molecule has 0 unspecified atom stereocenters. The number of halogens is 2. The van der Waals surface area contributed by atoms with Crippen LogP contribution < -0.4 is 0 Å². The van der Waals surface area contributed by atoms with Crippen LogP contribution in [0.3, 0.4) is 0 Å². The van der Waals surface area contributed by atoms with Crippen LogP contribution >= 0.6 is 22.9 Å².